The molecule has 0 aliphatic carbocycles. The van der Waals surface area contributed by atoms with Gasteiger partial charge in [-0.2, -0.15) is 0 Å². The predicted octanol–water partition coefficient (Wildman–Crippen LogP) is 2.97. The second-order valence-electron chi connectivity index (χ2n) is 8.03. The SMILES string of the molecule is COC(=O)C1C(C)=NC(C)(C2CCCCO2)C(C(=O)O)[C@H]1c1cccc([N+](=O)[O-])c1. The molecule has 1 fully saturated rings. The van der Waals surface area contributed by atoms with E-state index in [2.05, 4.69) is 0 Å². The number of benzene rings is 1. The molecule has 0 amide bonds. The van der Waals surface area contributed by atoms with Gasteiger partial charge >= 0.3 is 11.9 Å². The Balaban J connectivity index is 2.21. The molecule has 1 N–H and O–H groups in total. The molecular weight excluding hydrogens is 392 g/mol. The number of ether oxygens (including phenoxy) is 2. The Morgan fingerprint density at radius 2 is 2.10 bits per heavy atom. The van der Waals surface area contributed by atoms with Gasteiger partial charge in [0.15, 0.2) is 0 Å². The van der Waals surface area contributed by atoms with Crippen LogP contribution in [0.2, 0.25) is 0 Å². The molecule has 0 bridgehead atoms. The van der Waals surface area contributed by atoms with E-state index in [0.717, 1.165) is 12.8 Å². The topological polar surface area (TPSA) is 128 Å². The Bertz CT molecular complexity index is 878. The van der Waals surface area contributed by atoms with Crippen LogP contribution in [0.5, 0.6) is 0 Å². The van der Waals surface area contributed by atoms with E-state index in [-0.39, 0.29) is 5.69 Å². The molecule has 0 radical (unpaired) electrons. The van der Waals surface area contributed by atoms with Crippen molar-refractivity contribution in [3.05, 3.63) is 39.9 Å². The number of non-ortho nitro benzene ring substituents is 1. The molecule has 1 aromatic rings. The minimum atomic E-state index is -1.13. The van der Waals surface area contributed by atoms with Crippen molar-refractivity contribution in [3.63, 3.8) is 0 Å². The number of nitro benzene ring substituents is 1. The highest BCUT2D eigenvalue weighted by Gasteiger charge is 2.57. The summed E-state index contributed by atoms with van der Waals surface area (Å²) in [4.78, 5) is 40.7. The van der Waals surface area contributed by atoms with Crippen LogP contribution in [-0.4, -0.2) is 53.0 Å². The van der Waals surface area contributed by atoms with E-state index in [1.54, 1.807) is 19.9 Å². The number of carbonyl (C=O) groups is 2. The summed E-state index contributed by atoms with van der Waals surface area (Å²) in [5.41, 5.74) is -0.470. The summed E-state index contributed by atoms with van der Waals surface area (Å²) in [5, 5.41) is 21.6. The summed E-state index contributed by atoms with van der Waals surface area (Å²) in [6.45, 7) is 3.93. The third kappa shape index (κ3) is 3.81. The minimum absolute atomic E-state index is 0.170. The summed E-state index contributed by atoms with van der Waals surface area (Å²) < 4.78 is 10.9. The molecular formula is C21H26N2O7. The van der Waals surface area contributed by atoms with E-state index in [9.17, 15) is 24.8 Å². The lowest BCUT2D eigenvalue weighted by molar-refractivity contribution is -0.385. The first-order chi connectivity index (χ1) is 14.2. The standard InChI is InChI=1S/C21H26N2O7/c1-12-16(20(26)29-3)17(13-7-6-8-14(11-13)23(27)28)18(19(24)25)21(2,22-12)15-9-4-5-10-30-15/h6-8,11,15-18H,4-5,9-10H2,1-3H3,(H,24,25)/t15?,16?,17-,18?,21?/m0/s1. The van der Waals surface area contributed by atoms with Crippen molar-refractivity contribution in [1.82, 2.24) is 0 Å². The van der Waals surface area contributed by atoms with Crippen molar-refractivity contribution in [3.8, 4) is 0 Å². The van der Waals surface area contributed by atoms with E-state index in [1.807, 2.05) is 0 Å². The Hall–Kier alpha value is -2.81. The molecule has 1 saturated heterocycles. The smallest absolute Gasteiger partial charge is 0.315 e. The Morgan fingerprint density at radius 1 is 1.37 bits per heavy atom. The first-order valence-corrected chi connectivity index (χ1v) is 9.93. The number of carbonyl (C=O) groups excluding carboxylic acids is 1. The molecule has 0 aromatic heterocycles. The van der Waals surface area contributed by atoms with E-state index in [0.29, 0.717) is 24.3 Å². The van der Waals surface area contributed by atoms with Gasteiger partial charge < -0.3 is 14.6 Å². The number of rotatable bonds is 5. The fourth-order valence-corrected chi connectivity index (χ4v) is 4.89. The van der Waals surface area contributed by atoms with Gasteiger partial charge in [-0.1, -0.05) is 12.1 Å². The van der Waals surface area contributed by atoms with E-state index in [1.165, 1.54) is 25.3 Å². The molecule has 9 nitrogen and oxygen atoms in total. The van der Waals surface area contributed by atoms with Crippen molar-refractivity contribution in [2.24, 2.45) is 16.8 Å². The second-order valence-corrected chi connectivity index (χ2v) is 8.03. The zero-order valence-corrected chi connectivity index (χ0v) is 17.2. The van der Waals surface area contributed by atoms with Crippen molar-refractivity contribution < 1.29 is 29.1 Å². The summed E-state index contributed by atoms with van der Waals surface area (Å²) in [5.74, 6) is -4.73. The molecule has 9 heteroatoms. The summed E-state index contributed by atoms with van der Waals surface area (Å²) in [6.07, 6.45) is 2.01. The molecule has 2 aliphatic rings. The molecule has 0 spiro atoms. The number of aliphatic imine (C=N–C) groups is 1. The average molecular weight is 418 g/mol. The predicted molar refractivity (Wildman–Crippen MR) is 108 cm³/mol. The molecule has 2 heterocycles. The average Bonchev–Trinajstić information content (AvgIpc) is 2.73. The second kappa shape index (κ2) is 8.51. The largest absolute Gasteiger partial charge is 0.481 e. The molecule has 30 heavy (non-hydrogen) atoms. The maximum atomic E-state index is 12.7. The number of hydrogen-bond acceptors (Lipinski definition) is 7. The highest BCUT2D eigenvalue weighted by Crippen LogP contribution is 2.49. The van der Waals surface area contributed by atoms with Crippen molar-refractivity contribution in [2.75, 3.05) is 13.7 Å². The van der Waals surface area contributed by atoms with Gasteiger partial charge in [-0.3, -0.25) is 24.7 Å². The maximum absolute atomic E-state index is 12.7. The van der Waals surface area contributed by atoms with E-state index < -0.39 is 46.3 Å². The Kier molecular flexibility index (Phi) is 6.21. The van der Waals surface area contributed by atoms with Gasteiger partial charge in [0.25, 0.3) is 5.69 Å². The third-order valence-electron chi connectivity index (χ3n) is 6.23. The van der Waals surface area contributed by atoms with Crippen LogP contribution < -0.4 is 0 Å². The van der Waals surface area contributed by atoms with Gasteiger partial charge in [0, 0.05) is 30.4 Å². The van der Waals surface area contributed by atoms with Gasteiger partial charge in [0.2, 0.25) is 0 Å². The van der Waals surface area contributed by atoms with Crippen LogP contribution in [0.25, 0.3) is 0 Å². The third-order valence-corrected chi connectivity index (χ3v) is 6.23. The fourth-order valence-electron chi connectivity index (χ4n) is 4.89. The number of carboxylic acid groups (broad SMARTS) is 1. The van der Waals surface area contributed by atoms with Crippen LogP contribution in [0.4, 0.5) is 5.69 Å². The normalized spacial score (nSPS) is 31.5. The zero-order chi connectivity index (χ0) is 22.1. The Labute approximate surface area is 174 Å². The van der Waals surface area contributed by atoms with Gasteiger partial charge in [-0.15, -0.1) is 0 Å². The number of nitro groups is 1. The monoisotopic (exact) mass is 418 g/mol. The summed E-state index contributed by atoms with van der Waals surface area (Å²) in [7, 11) is 1.23. The molecule has 1 aromatic carbocycles. The molecule has 162 valence electrons. The van der Waals surface area contributed by atoms with Gasteiger partial charge in [-0.05, 0) is 38.7 Å². The lowest BCUT2D eigenvalue weighted by Gasteiger charge is -2.48. The first-order valence-electron chi connectivity index (χ1n) is 9.93. The van der Waals surface area contributed by atoms with Crippen LogP contribution in [-0.2, 0) is 19.1 Å². The van der Waals surface area contributed by atoms with Crippen LogP contribution >= 0.6 is 0 Å². The molecule has 3 rings (SSSR count). The summed E-state index contributed by atoms with van der Waals surface area (Å²) >= 11 is 0. The fraction of sp³-hybridized carbons (Fsp3) is 0.571. The first kappa shape index (κ1) is 21.9. The van der Waals surface area contributed by atoms with Gasteiger partial charge in [-0.25, -0.2) is 0 Å². The maximum Gasteiger partial charge on any atom is 0.315 e. The highest BCUT2D eigenvalue weighted by atomic mass is 16.6. The molecule has 2 aliphatic heterocycles. The molecule has 5 atom stereocenters. The van der Waals surface area contributed by atoms with Crippen molar-refractivity contribution >= 4 is 23.3 Å². The van der Waals surface area contributed by atoms with Crippen LogP contribution in [0.1, 0.15) is 44.6 Å². The van der Waals surface area contributed by atoms with Crippen LogP contribution in [0.3, 0.4) is 0 Å². The van der Waals surface area contributed by atoms with E-state index in [4.69, 9.17) is 14.5 Å². The number of nitrogens with zero attached hydrogens (tertiary/aromatic N) is 2. The Morgan fingerprint density at radius 3 is 2.67 bits per heavy atom. The molecule has 4 unspecified atom stereocenters. The molecule has 0 saturated carbocycles. The van der Waals surface area contributed by atoms with Crippen molar-refractivity contribution in [1.29, 1.82) is 0 Å². The minimum Gasteiger partial charge on any atom is -0.481 e. The number of methoxy groups -OCH3 is 1. The van der Waals surface area contributed by atoms with Crippen LogP contribution in [0.15, 0.2) is 29.3 Å². The highest BCUT2D eigenvalue weighted by molar-refractivity contribution is 6.04. The number of carboxylic acids is 1. The van der Waals surface area contributed by atoms with Gasteiger partial charge in [0.1, 0.15) is 5.92 Å². The van der Waals surface area contributed by atoms with E-state index >= 15 is 0 Å². The summed E-state index contributed by atoms with van der Waals surface area (Å²) in [6, 6.07) is 5.78. The number of hydrogen-bond donors (Lipinski definition) is 1. The lowest BCUT2D eigenvalue weighted by Crippen LogP contribution is -2.58. The van der Waals surface area contributed by atoms with Crippen molar-refractivity contribution in [2.45, 2.75) is 50.7 Å². The van der Waals surface area contributed by atoms with Crippen LogP contribution in [0, 0.1) is 22.0 Å². The van der Waals surface area contributed by atoms with Gasteiger partial charge in [0.05, 0.1) is 29.6 Å². The zero-order valence-electron chi connectivity index (χ0n) is 17.2. The quantitative estimate of drug-likeness (QED) is 0.442. The number of esters is 1. The number of aliphatic carboxylic acids is 1. The lowest BCUT2D eigenvalue weighted by atomic mass is 9.62.